The number of ether oxygens (including phenoxy) is 1. The second-order valence-electron chi connectivity index (χ2n) is 15.3. The van der Waals surface area contributed by atoms with E-state index in [1.165, 1.54) is 23.0 Å². The fourth-order valence-corrected chi connectivity index (χ4v) is 11.2. The number of phenols is 1. The van der Waals surface area contributed by atoms with Gasteiger partial charge in [0.1, 0.15) is 11.5 Å². The topological polar surface area (TPSA) is 122 Å². The molecule has 12 heteroatoms. The number of anilines is 2. The van der Waals surface area contributed by atoms with Gasteiger partial charge >= 0.3 is 0 Å². The van der Waals surface area contributed by atoms with E-state index in [1.807, 2.05) is 69.3 Å². The van der Waals surface area contributed by atoms with Crippen LogP contribution in [-0.4, -0.2) is 45.6 Å². The molecular formula is C43H39ClN4O6S. The number of carbonyl (C=O) groups excluding carboxylic acids is 4. The number of hydrogen-bond acceptors (Lipinski definition) is 8. The van der Waals surface area contributed by atoms with E-state index in [1.54, 1.807) is 41.3 Å². The number of halogens is 1. The molecule has 2 aromatic heterocycles. The van der Waals surface area contributed by atoms with Crippen molar-refractivity contribution in [1.82, 2.24) is 9.78 Å². The Morgan fingerprint density at radius 1 is 0.964 bits per heavy atom. The molecular weight excluding hydrogens is 736 g/mol. The number of aromatic nitrogens is 2. The lowest BCUT2D eigenvalue weighted by Crippen LogP contribution is -2.48. The molecule has 0 unspecified atom stereocenters. The van der Waals surface area contributed by atoms with Crippen LogP contribution in [0.2, 0.25) is 5.02 Å². The first-order chi connectivity index (χ1) is 26.4. The third kappa shape index (κ3) is 5.01. The molecule has 3 aromatic carbocycles. The van der Waals surface area contributed by atoms with Crippen LogP contribution in [-0.2, 0) is 32.6 Å². The number of amides is 4. The van der Waals surface area contributed by atoms with Crippen LogP contribution in [0.25, 0.3) is 20.7 Å². The molecule has 2 saturated heterocycles. The minimum atomic E-state index is -1.27. The largest absolute Gasteiger partial charge is 0.504 e. The molecule has 5 aromatic rings. The molecule has 9 rings (SSSR count). The number of phenolic OH excluding ortho intramolecular Hbond substituents is 1. The Bertz CT molecular complexity index is 2520. The lowest BCUT2D eigenvalue weighted by atomic mass is 9.51. The summed E-state index contributed by atoms with van der Waals surface area (Å²) in [7, 11) is 3.18. The first-order valence-electron chi connectivity index (χ1n) is 18.5. The zero-order chi connectivity index (χ0) is 38.7. The van der Waals surface area contributed by atoms with Gasteiger partial charge in [-0.15, -0.1) is 11.3 Å². The van der Waals surface area contributed by atoms with E-state index in [-0.39, 0.29) is 41.5 Å². The van der Waals surface area contributed by atoms with Crippen LogP contribution in [0, 0.1) is 36.0 Å². The van der Waals surface area contributed by atoms with Gasteiger partial charge in [-0.1, -0.05) is 48.4 Å². The minimum absolute atomic E-state index is 0.0593. The molecule has 0 spiro atoms. The van der Waals surface area contributed by atoms with Gasteiger partial charge in [-0.3, -0.25) is 28.8 Å². The monoisotopic (exact) mass is 774 g/mol. The van der Waals surface area contributed by atoms with Gasteiger partial charge in [0.25, 0.3) is 0 Å². The van der Waals surface area contributed by atoms with Gasteiger partial charge in [-0.25, -0.2) is 4.90 Å². The highest BCUT2D eigenvalue weighted by atomic mass is 35.5. The van der Waals surface area contributed by atoms with E-state index in [0.29, 0.717) is 34.2 Å². The lowest BCUT2D eigenvalue weighted by Gasteiger charge is -2.49. The summed E-state index contributed by atoms with van der Waals surface area (Å²) in [6, 6.07) is 20.0. The highest BCUT2D eigenvalue weighted by Crippen LogP contribution is 2.64. The van der Waals surface area contributed by atoms with Crippen LogP contribution in [0.3, 0.4) is 0 Å². The van der Waals surface area contributed by atoms with E-state index >= 15 is 4.79 Å². The Morgan fingerprint density at radius 2 is 1.73 bits per heavy atom. The molecule has 1 saturated carbocycles. The van der Waals surface area contributed by atoms with Crippen molar-refractivity contribution in [2.75, 3.05) is 16.9 Å². The maximum atomic E-state index is 15.1. The van der Waals surface area contributed by atoms with Crippen LogP contribution >= 0.6 is 22.9 Å². The van der Waals surface area contributed by atoms with Crippen molar-refractivity contribution in [3.8, 4) is 22.1 Å². The van der Waals surface area contributed by atoms with Gasteiger partial charge in [0.15, 0.2) is 11.5 Å². The molecule has 4 heterocycles. The first-order valence-corrected chi connectivity index (χ1v) is 19.7. The molecule has 2 aliphatic carbocycles. The smallest absolute Gasteiger partial charge is 0.242 e. The molecule has 280 valence electrons. The summed E-state index contributed by atoms with van der Waals surface area (Å²) in [5.74, 6) is -4.01. The summed E-state index contributed by atoms with van der Waals surface area (Å²) in [6.45, 7) is 5.90. The number of aryl methyl sites for hydroxylation is 3. The second kappa shape index (κ2) is 12.6. The number of imide groups is 2. The van der Waals surface area contributed by atoms with Gasteiger partial charge < -0.3 is 9.84 Å². The predicted molar refractivity (Wildman–Crippen MR) is 211 cm³/mol. The summed E-state index contributed by atoms with van der Waals surface area (Å²) < 4.78 is 8.14. The number of allylic oxidation sites excluding steroid dienone is 2. The molecule has 0 bridgehead atoms. The van der Waals surface area contributed by atoms with Crippen molar-refractivity contribution in [2.45, 2.75) is 46.0 Å². The van der Waals surface area contributed by atoms with Crippen LogP contribution < -0.4 is 14.5 Å². The number of hydrogen-bond donors (Lipinski definition) is 1. The fraction of sp³-hybridized carbons (Fsp3) is 0.326. The van der Waals surface area contributed by atoms with E-state index in [9.17, 15) is 19.5 Å². The van der Waals surface area contributed by atoms with Gasteiger partial charge in [0, 0.05) is 28.8 Å². The standard InChI is InChI=1S/C43H39ClN4O6S/c1-6-22-7-11-25(12-8-22)47-39(50)27-14-13-26-29(36(27)41(47)52)19-30-40(51)48(42(53)43(30,3)37(26)23-9-15-32(49)33(17-23)54-5)35-20-31(45-46(35)4)38-21(2)28-18-24(44)10-16-34(28)55-38/h7-13,15-18,20,27,29-30,36-37,49H,6,14,19H2,1-5H3/t27-,29+,30-,36-,37-,43+/m0/s1. The van der Waals surface area contributed by atoms with Gasteiger partial charge in [-0.05, 0) is 104 Å². The predicted octanol–water partition coefficient (Wildman–Crippen LogP) is 7.98. The second-order valence-corrected chi connectivity index (χ2v) is 16.8. The summed E-state index contributed by atoms with van der Waals surface area (Å²) in [5.41, 5.74) is 3.52. The molecule has 3 fully saturated rings. The molecule has 6 atom stereocenters. The molecule has 2 aliphatic heterocycles. The van der Waals surface area contributed by atoms with Crippen molar-refractivity contribution in [2.24, 2.45) is 36.1 Å². The number of nitrogens with zero attached hydrogens (tertiary/aromatic N) is 4. The molecule has 1 N–H and O–H groups in total. The summed E-state index contributed by atoms with van der Waals surface area (Å²) in [6.07, 6.45) is 3.40. The number of carbonyl (C=O) groups is 4. The molecule has 10 nitrogen and oxygen atoms in total. The number of thiophene rings is 1. The Balaban J connectivity index is 1.15. The van der Waals surface area contributed by atoms with Gasteiger partial charge in [0.05, 0.1) is 40.8 Å². The third-order valence-corrected chi connectivity index (χ3v) is 14.2. The first kappa shape index (κ1) is 35.4. The minimum Gasteiger partial charge on any atom is -0.504 e. The average molecular weight is 775 g/mol. The van der Waals surface area contributed by atoms with Crippen molar-refractivity contribution in [3.63, 3.8) is 0 Å². The Hall–Kier alpha value is -5.26. The molecule has 55 heavy (non-hydrogen) atoms. The van der Waals surface area contributed by atoms with E-state index in [2.05, 4.69) is 0 Å². The molecule has 0 radical (unpaired) electrons. The number of benzene rings is 3. The molecule has 4 aliphatic rings. The van der Waals surface area contributed by atoms with Crippen molar-refractivity contribution < 1.29 is 29.0 Å². The number of rotatable bonds is 6. The highest BCUT2D eigenvalue weighted by molar-refractivity contribution is 7.22. The maximum absolute atomic E-state index is 15.1. The van der Waals surface area contributed by atoms with Crippen LogP contribution in [0.15, 0.2) is 78.4 Å². The maximum Gasteiger partial charge on any atom is 0.242 e. The highest BCUT2D eigenvalue weighted by Gasteiger charge is 2.68. The van der Waals surface area contributed by atoms with E-state index in [0.717, 1.165) is 38.1 Å². The van der Waals surface area contributed by atoms with Crippen LogP contribution in [0.5, 0.6) is 11.5 Å². The Morgan fingerprint density at radius 3 is 2.45 bits per heavy atom. The zero-order valence-corrected chi connectivity index (χ0v) is 32.6. The average Bonchev–Trinajstić information content (AvgIpc) is 3.85. The van der Waals surface area contributed by atoms with E-state index in [4.69, 9.17) is 21.4 Å². The summed E-state index contributed by atoms with van der Waals surface area (Å²) in [4.78, 5) is 62.1. The van der Waals surface area contributed by atoms with Crippen molar-refractivity contribution in [1.29, 1.82) is 0 Å². The van der Waals surface area contributed by atoms with Gasteiger partial charge in [-0.2, -0.15) is 5.10 Å². The lowest BCUT2D eigenvalue weighted by molar-refractivity contribution is -0.131. The summed E-state index contributed by atoms with van der Waals surface area (Å²) >= 11 is 7.90. The molecule has 4 amide bonds. The van der Waals surface area contributed by atoms with Crippen LogP contribution in [0.1, 0.15) is 49.3 Å². The van der Waals surface area contributed by atoms with E-state index < -0.39 is 35.0 Å². The Kier molecular flexibility index (Phi) is 8.15. The number of fused-ring (bicyclic) bond motifs is 5. The fourth-order valence-electron chi connectivity index (χ4n) is 9.84. The normalized spacial score (nSPS) is 26.1. The quantitative estimate of drug-likeness (QED) is 0.137. The third-order valence-electron chi connectivity index (χ3n) is 12.6. The van der Waals surface area contributed by atoms with Crippen molar-refractivity contribution >= 4 is 68.2 Å². The number of aromatic hydroxyl groups is 1. The Labute approximate surface area is 326 Å². The van der Waals surface area contributed by atoms with Gasteiger partial charge in [0.2, 0.25) is 23.6 Å². The van der Waals surface area contributed by atoms with Crippen LogP contribution in [0.4, 0.5) is 11.5 Å². The summed E-state index contributed by atoms with van der Waals surface area (Å²) in [5, 5.41) is 17.1. The number of methoxy groups -OCH3 is 1. The zero-order valence-electron chi connectivity index (χ0n) is 31.0. The van der Waals surface area contributed by atoms with Crippen molar-refractivity contribution in [3.05, 3.63) is 100 Å². The SMILES string of the molecule is CCc1ccc(N2C(=O)[C@H]3[C@H](CC=C4[C@H]3C[C@H]3C(=O)N(c5cc(-c6sc7ccc(Cl)cc7c6C)nn5C)C(=O)[C@@]3(C)[C@H]4c3ccc(O)c(OC)c3)C2=O)cc1.